The first-order valence-corrected chi connectivity index (χ1v) is 9.13. The van der Waals surface area contributed by atoms with Crippen LogP contribution in [-0.4, -0.2) is 36.1 Å². The van der Waals surface area contributed by atoms with Crippen molar-refractivity contribution in [2.75, 3.05) is 11.9 Å². The number of benzene rings is 1. The monoisotopic (exact) mass is 361 g/mol. The largest absolute Gasteiger partial charge is 0.369 e. The zero-order valence-corrected chi connectivity index (χ0v) is 15.8. The van der Waals surface area contributed by atoms with Crippen LogP contribution in [0.15, 0.2) is 42.5 Å². The van der Waals surface area contributed by atoms with Crippen LogP contribution < -0.4 is 5.32 Å². The number of imidazole rings is 1. The van der Waals surface area contributed by atoms with Crippen LogP contribution in [-0.2, 0) is 13.5 Å². The summed E-state index contributed by atoms with van der Waals surface area (Å²) in [6.45, 7) is 4.80. The van der Waals surface area contributed by atoms with E-state index in [0.717, 1.165) is 53.8 Å². The van der Waals surface area contributed by atoms with Crippen molar-refractivity contribution in [2.45, 2.75) is 26.7 Å². The van der Waals surface area contributed by atoms with E-state index in [4.69, 9.17) is 4.98 Å². The summed E-state index contributed by atoms with van der Waals surface area (Å²) < 4.78 is 3.97. The molecule has 1 N–H and O–H groups in total. The van der Waals surface area contributed by atoms with Crippen LogP contribution in [0.2, 0.25) is 0 Å². The lowest BCUT2D eigenvalue weighted by molar-refractivity contribution is 0.749. The number of fused-ring (bicyclic) bond motifs is 1. The Bertz CT molecular complexity index is 1060. The predicted octanol–water partition coefficient (Wildman–Crippen LogP) is 3.21. The summed E-state index contributed by atoms with van der Waals surface area (Å²) in [5.74, 6) is 2.60. The van der Waals surface area contributed by atoms with E-state index >= 15 is 0 Å². The van der Waals surface area contributed by atoms with Gasteiger partial charge in [-0.25, -0.2) is 9.67 Å². The highest BCUT2D eigenvalue weighted by atomic mass is 15.4. The Hall–Kier alpha value is -3.22. The van der Waals surface area contributed by atoms with Gasteiger partial charge in [0.05, 0.1) is 16.7 Å². The number of para-hydroxylation sites is 2. The topological polar surface area (TPSA) is 73.5 Å². The molecule has 0 saturated heterocycles. The Morgan fingerprint density at radius 3 is 2.59 bits per heavy atom. The van der Waals surface area contributed by atoms with Gasteiger partial charge in [-0.2, -0.15) is 5.10 Å². The molecule has 0 aliphatic rings. The Kier molecular flexibility index (Phi) is 4.58. The first-order valence-electron chi connectivity index (χ1n) is 9.13. The highest BCUT2D eigenvalue weighted by molar-refractivity contribution is 5.75. The van der Waals surface area contributed by atoms with Crippen molar-refractivity contribution in [2.24, 2.45) is 7.05 Å². The average Bonchev–Trinajstić information content (AvgIpc) is 3.18. The molecule has 138 valence electrons. The van der Waals surface area contributed by atoms with Crippen molar-refractivity contribution in [3.8, 4) is 5.82 Å². The molecule has 0 aliphatic heterocycles. The fourth-order valence-electron chi connectivity index (χ4n) is 3.28. The number of aryl methyl sites for hydroxylation is 4. The van der Waals surface area contributed by atoms with E-state index < -0.39 is 0 Å². The van der Waals surface area contributed by atoms with Gasteiger partial charge < -0.3 is 9.88 Å². The first kappa shape index (κ1) is 17.2. The van der Waals surface area contributed by atoms with Crippen LogP contribution in [0.25, 0.3) is 16.9 Å². The van der Waals surface area contributed by atoms with Crippen molar-refractivity contribution in [3.63, 3.8) is 0 Å². The molecule has 4 rings (SSSR count). The zero-order valence-electron chi connectivity index (χ0n) is 15.8. The Morgan fingerprint density at radius 2 is 1.89 bits per heavy atom. The molecule has 0 unspecified atom stereocenters. The number of nitrogens with one attached hydrogen (secondary N) is 1. The highest BCUT2D eigenvalue weighted by Gasteiger charge is 2.08. The second-order valence-corrected chi connectivity index (χ2v) is 6.72. The second kappa shape index (κ2) is 7.19. The smallest absolute Gasteiger partial charge is 0.176 e. The normalized spacial score (nSPS) is 11.2. The summed E-state index contributed by atoms with van der Waals surface area (Å²) in [4.78, 5) is 4.71. The van der Waals surface area contributed by atoms with Gasteiger partial charge >= 0.3 is 0 Å². The summed E-state index contributed by atoms with van der Waals surface area (Å²) >= 11 is 0. The Morgan fingerprint density at radius 1 is 1.04 bits per heavy atom. The van der Waals surface area contributed by atoms with E-state index in [9.17, 15) is 0 Å². The fourth-order valence-corrected chi connectivity index (χ4v) is 3.28. The van der Waals surface area contributed by atoms with E-state index in [-0.39, 0.29) is 0 Å². The van der Waals surface area contributed by atoms with Crippen molar-refractivity contribution in [1.29, 1.82) is 0 Å². The third-order valence-corrected chi connectivity index (χ3v) is 4.64. The van der Waals surface area contributed by atoms with Gasteiger partial charge in [-0.3, -0.25) is 0 Å². The predicted molar refractivity (Wildman–Crippen MR) is 106 cm³/mol. The standard InChI is InChI=1S/C20H23N7/c1-14-13-15(2)27(25-14)20-11-10-18(23-24-20)21-12-6-9-19-22-16-7-4-5-8-17(16)26(19)3/h4-5,7-8,10-11,13H,6,9,12H2,1-3H3,(H,21,23). The zero-order chi connectivity index (χ0) is 18.8. The van der Waals surface area contributed by atoms with Gasteiger partial charge in [-0.15, -0.1) is 10.2 Å². The molecule has 0 saturated carbocycles. The van der Waals surface area contributed by atoms with Gasteiger partial charge in [0.1, 0.15) is 11.6 Å². The third-order valence-electron chi connectivity index (χ3n) is 4.64. The molecule has 7 nitrogen and oxygen atoms in total. The van der Waals surface area contributed by atoms with E-state index in [1.54, 1.807) is 4.68 Å². The number of nitrogens with zero attached hydrogens (tertiary/aromatic N) is 6. The maximum absolute atomic E-state index is 4.71. The van der Waals surface area contributed by atoms with Crippen molar-refractivity contribution in [3.05, 3.63) is 59.7 Å². The summed E-state index contributed by atoms with van der Waals surface area (Å²) in [7, 11) is 2.07. The number of hydrogen-bond acceptors (Lipinski definition) is 5. The summed E-state index contributed by atoms with van der Waals surface area (Å²) in [5.41, 5.74) is 4.24. The maximum Gasteiger partial charge on any atom is 0.176 e. The van der Waals surface area contributed by atoms with Gasteiger partial charge in [0.2, 0.25) is 0 Å². The number of rotatable bonds is 6. The lowest BCUT2D eigenvalue weighted by atomic mass is 10.3. The molecule has 1 aromatic carbocycles. The van der Waals surface area contributed by atoms with Gasteiger partial charge in [0, 0.05) is 25.7 Å². The fraction of sp³-hybridized carbons (Fsp3) is 0.300. The number of hydrogen-bond donors (Lipinski definition) is 1. The van der Waals surface area contributed by atoms with Crippen molar-refractivity contribution in [1.82, 2.24) is 29.5 Å². The molecule has 7 heteroatoms. The molecule has 3 aromatic heterocycles. The average molecular weight is 361 g/mol. The molecule has 0 aliphatic carbocycles. The minimum absolute atomic E-state index is 0.728. The van der Waals surface area contributed by atoms with Gasteiger partial charge in [-0.05, 0) is 50.6 Å². The van der Waals surface area contributed by atoms with Gasteiger partial charge in [0.15, 0.2) is 5.82 Å². The SMILES string of the molecule is Cc1cc(C)n(-c2ccc(NCCCc3nc4ccccc4n3C)nn2)n1. The minimum Gasteiger partial charge on any atom is -0.369 e. The van der Waals surface area contributed by atoms with E-state index in [2.05, 4.69) is 44.4 Å². The molecular formula is C20H23N7. The molecule has 0 radical (unpaired) electrons. The van der Waals surface area contributed by atoms with E-state index in [1.165, 1.54) is 5.52 Å². The van der Waals surface area contributed by atoms with Crippen LogP contribution >= 0.6 is 0 Å². The molecule has 0 atom stereocenters. The molecule has 0 amide bonds. The molecule has 0 bridgehead atoms. The maximum atomic E-state index is 4.71. The number of anilines is 1. The van der Waals surface area contributed by atoms with Crippen LogP contribution in [0, 0.1) is 13.8 Å². The Balaban J connectivity index is 1.34. The molecule has 27 heavy (non-hydrogen) atoms. The minimum atomic E-state index is 0.728. The highest BCUT2D eigenvalue weighted by Crippen LogP contribution is 2.15. The van der Waals surface area contributed by atoms with Crippen molar-refractivity contribution >= 4 is 16.9 Å². The third kappa shape index (κ3) is 3.53. The van der Waals surface area contributed by atoms with Gasteiger partial charge in [0.25, 0.3) is 0 Å². The Labute approximate surface area is 158 Å². The molecule has 0 spiro atoms. The van der Waals surface area contributed by atoms with Gasteiger partial charge in [-0.1, -0.05) is 12.1 Å². The molecule has 4 aromatic rings. The quantitative estimate of drug-likeness (QED) is 0.534. The van der Waals surface area contributed by atoms with E-state index in [1.807, 2.05) is 44.2 Å². The van der Waals surface area contributed by atoms with Crippen molar-refractivity contribution < 1.29 is 0 Å². The van der Waals surface area contributed by atoms with E-state index in [0.29, 0.717) is 0 Å². The molecule has 3 heterocycles. The second-order valence-electron chi connectivity index (χ2n) is 6.72. The molecular weight excluding hydrogens is 338 g/mol. The summed E-state index contributed by atoms with van der Waals surface area (Å²) in [5, 5.41) is 16.3. The van der Waals surface area contributed by atoms with Crippen LogP contribution in [0.1, 0.15) is 23.6 Å². The first-order chi connectivity index (χ1) is 13.1. The van der Waals surface area contributed by atoms with Crippen LogP contribution in [0.3, 0.4) is 0 Å². The summed E-state index contributed by atoms with van der Waals surface area (Å²) in [6.07, 6.45) is 1.88. The molecule has 0 fully saturated rings. The van der Waals surface area contributed by atoms with Crippen LogP contribution in [0.5, 0.6) is 0 Å². The lowest BCUT2D eigenvalue weighted by Crippen LogP contribution is -2.09. The summed E-state index contributed by atoms with van der Waals surface area (Å²) in [6, 6.07) is 14.1. The van der Waals surface area contributed by atoms with Crippen LogP contribution in [0.4, 0.5) is 5.82 Å². The lowest BCUT2D eigenvalue weighted by Gasteiger charge is -2.07. The number of aromatic nitrogens is 6.